The maximum atomic E-state index is 6.10. The van der Waals surface area contributed by atoms with E-state index >= 15 is 0 Å². The van der Waals surface area contributed by atoms with Crippen LogP contribution < -0.4 is 4.74 Å². The van der Waals surface area contributed by atoms with Crippen LogP contribution in [0.3, 0.4) is 0 Å². The number of ether oxygens (including phenoxy) is 1. The van der Waals surface area contributed by atoms with Gasteiger partial charge in [0.25, 0.3) is 0 Å². The van der Waals surface area contributed by atoms with E-state index in [2.05, 4.69) is 10.1 Å². The zero-order valence-corrected chi connectivity index (χ0v) is 11.2. The van der Waals surface area contributed by atoms with Gasteiger partial charge in [0, 0.05) is 12.0 Å². The van der Waals surface area contributed by atoms with Gasteiger partial charge in [-0.25, -0.2) is 9.50 Å². The molecule has 1 unspecified atom stereocenters. The number of imidazole rings is 1. The van der Waals surface area contributed by atoms with Crippen molar-refractivity contribution in [2.75, 3.05) is 0 Å². The molecule has 17 heavy (non-hydrogen) atoms. The third kappa shape index (κ3) is 1.86. The molecule has 0 saturated carbocycles. The molecule has 1 atom stereocenters. The fraction of sp³-hybridized carbons (Fsp3) is 0.500. The smallest absolute Gasteiger partial charge is 0.197 e. The maximum Gasteiger partial charge on any atom is 0.197 e. The standard InChI is InChI=1S/C10H10ClN3O.C2H6/c1-5-4-12-10-8-7(3-6(2)15-8)9(11)13-14(5)10;1-2/h4,6H,3H2,1-2H3;1-2H3. The van der Waals surface area contributed by atoms with E-state index < -0.39 is 0 Å². The predicted molar refractivity (Wildman–Crippen MR) is 67.9 cm³/mol. The Kier molecular flexibility index (Phi) is 3.24. The van der Waals surface area contributed by atoms with E-state index in [0.717, 1.165) is 29.1 Å². The molecule has 92 valence electrons. The molecule has 0 N–H and O–H groups in total. The van der Waals surface area contributed by atoms with Crippen molar-refractivity contribution in [3.63, 3.8) is 0 Å². The van der Waals surface area contributed by atoms with Crippen molar-refractivity contribution in [2.24, 2.45) is 0 Å². The van der Waals surface area contributed by atoms with Gasteiger partial charge >= 0.3 is 0 Å². The quantitative estimate of drug-likeness (QED) is 0.725. The maximum absolute atomic E-state index is 6.10. The minimum Gasteiger partial charge on any atom is -0.486 e. The SMILES string of the molecule is CC.Cc1cnc2c3c(c(Cl)nn12)CC(C)O3. The van der Waals surface area contributed by atoms with Crippen LogP contribution in [0.4, 0.5) is 0 Å². The Morgan fingerprint density at radius 1 is 1.47 bits per heavy atom. The highest BCUT2D eigenvalue weighted by Gasteiger charge is 2.26. The van der Waals surface area contributed by atoms with Gasteiger partial charge in [0.05, 0.1) is 11.9 Å². The minimum atomic E-state index is 0.155. The lowest BCUT2D eigenvalue weighted by molar-refractivity contribution is 0.256. The van der Waals surface area contributed by atoms with Gasteiger partial charge in [0.2, 0.25) is 0 Å². The van der Waals surface area contributed by atoms with Crippen LogP contribution in [0.2, 0.25) is 5.15 Å². The molecule has 0 aromatic carbocycles. The van der Waals surface area contributed by atoms with Gasteiger partial charge in [-0.2, -0.15) is 5.10 Å². The Labute approximate surface area is 106 Å². The van der Waals surface area contributed by atoms with Crippen LogP contribution >= 0.6 is 11.6 Å². The highest BCUT2D eigenvalue weighted by atomic mass is 35.5. The van der Waals surface area contributed by atoms with Crippen LogP contribution in [-0.2, 0) is 6.42 Å². The van der Waals surface area contributed by atoms with E-state index in [1.807, 2.05) is 27.7 Å². The largest absolute Gasteiger partial charge is 0.486 e. The van der Waals surface area contributed by atoms with Crippen LogP contribution in [0.25, 0.3) is 5.65 Å². The number of nitrogens with zero attached hydrogens (tertiary/aromatic N) is 3. The Morgan fingerprint density at radius 3 is 2.88 bits per heavy atom. The topological polar surface area (TPSA) is 39.4 Å². The summed E-state index contributed by atoms with van der Waals surface area (Å²) >= 11 is 6.10. The molecule has 1 aliphatic heterocycles. The van der Waals surface area contributed by atoms with E-state index in [4.69, 9.17) is 16.3 Å². The van der Waals surface area contributed by atoms with E-state index in [0.29, 0.717) is 5.15 Å². The Hall–Kier alpha value is -1.29. The Bertz CT molecular complexity index is 550. The van der Waals surface area contributed by atoms with Crippen LogP contribution in [0.5, 0.6) is 5.75 Å². The fourth-order valence-corrected chi connectivity index (χ4v) is 2.16. The van der Waals surface area contributed by atoms with Gasteiger partial charge in [0.1, 0.15) is 6.10 Å². The molecular weight excluding hydrogens is 238 g/mol. The second-order valence-electron chi connectivity index (χ2n) is 3.87. The third-order valence-electron chi connectivity index (χ3n) is 2.63. The molecule has 2 aromatic heterocycles. The number of fused-ring (bicyclic) bond motifs is 3. The van der Waals surface area contributed by atoms with Crippen molar-refractivity contribution in [2.45, 2.75) is 40.2 Å². The first-order chi connectivity index (χ1) is 8.16. The van der Waals surface area contributed by atoms with Crippen LogP contribution in [0.1, 0.15) is 32.0 Å². The van der Waals surface area contributed by atoms with Crippen LogP contribution in [0, 0.1) is 6.92 Å². The van der Waals surface area contributed by atoms with Crippen LogP contribution in [-0.4, -0.2) is 20.7 Å². The van der Waals surface area contributed by atoms with Gasteiger partial charge < -0.3 is 4.74 Å². The zero-order valence-electron chi connectivity index (χ0n) is 10.5. The van der Waals surface area contributed by atoms with Gasteiger partial charge in [-0.3, -0.25) is 0 Å². The van der Waals surface area contributed by atoms with E-state index in [9.17, 15) is 0 Å². The third-order valence-corrected chi connectivity index (χ3v) is 2.94. The number of hydrogen-bond donors (Lipinski definition) is 0. The second kappa shape index (κ2) is 4.53. The summed E-state index contributed by atoms with van der Waals surface area (Å²) in [5, 5.41) is 4.80. The van der Waals surface area contributed by atoms with Crippen molar-refractivity contribution >= 4 is 17.2 Å². The Morgan fingerprint density at radius 2 is 2.18 bits per heavy atom. The number of hydrogen-bond acceptors (Lipinski definition) is 3. The lowest BCUT2D eigenvalue weighted by Crippen LogP contribution is -2.05. The van der Waals surface area contributed by atoms with Gasteiger partial charge in [-0.1, -0.05) is 25.4 Å². The van der Waals surface area contributed by atoms with E-state index in [-0.39, 0.29) is 6.10 Å². The summed E-state index contributed by atoms with van der Waals surface area (Å²) in [5.41, 5.74) is 2.69. The van der Waals surface area contributed by atoms with Gasteiger partial charge in [0.15, 0.2) is 16.5 Å². The fourth-order valence-electron chi connectivity index (χ4n) is 1.92. The Balaban J connectivity index is 0.000000514. The van der Waals surface area contributed by atoms with Crippen molar-refractivity contribution in [1.82, 2.24) is 14.6 Å². The van der Waals surface area contributed by atoms with Gasteiger partial charge in [-0.15, -0.1) is 0 Å². The summed E-state index contributed by atoms with van der Waals surface area (Å²) in [5.74, 6) is 0.788. The molecule has 0 spiro atoms. The first kappa shape index (κ1) is 12.2. The summed E-state index contributed by atoms with van der Waals surface area (Å²) < 4.78 is 7.43. The highest BCUT2D eigenvalue weighted by Crippen LogP contribution is 2.36. The molecule has 0 aliphatic carbocycles. The highest BCUT2D eigenvalue weighted by molar-refractivity contribution is 6.30. The first-order valence-electron chi connectivity index (χ1n) is 5.86. The average Bonchev–Trinajstić information content (AvgIpc) is 2.87. The molecule has 0 bridgehead atoms. The molecular formula is C12H16ClN3O. The predicted octanol–water partition coefficient (Wildman–Crippen LogP) is 3.04. The zero-order chi connectivity index (χ0) is 12.6. The van der Waals surface area contributed by atoms with Crippen molar-refractivity contribution in [1.29, 1.82) is 0 Å². The number of halogens is 1. The molecule has 3 rings (SSSR count). The molecule has 4 nitrogen and oxygen atoms in total. The van der Waals surface area contributed by atoms with E-state index in [1.54, 1.807) is 10.7 Å². The van der Waals surface area contributed by atoms with E-state index in [1.165, 1.54) is 0 Å². The summed E-state index contributed by atoms with van der Waals surface area (Å²) in [6.07, 6.45) is 2.73. The number of rotatable bonds is 0. The van der Waals surface area contributed by atoms with Crippen molar-refractivity contribution in [3.05, 3.63) is 22.6 Å². The van der Waals surface area contributed by atoms with Crippen molar-refractivity contribution < 1.29 is 4.74 Å². The first-order valence-corrected chi connectivity index (χ1v) is 6.24. The second-order valence-corrected chi connectivity index (χ2v) is 4.22. The van der Waals surface area contributed by atoms with Crippen LogP contribution in [0.15, 0.2) is 6.20 Å². The normalized spacial score (nSPS) is 17.4. The lowest BCUT2D eigenvalue weighted by Gasteiger charge is -2.04. The van der Waals surface area contributed by atoms with Crippen molar-refractivity contribution in [3.8, 4) is 5.75 Å². The molecule has 0 amide bonds. The summed E-state index contributed by atoms with van der Waals surface area (Å²) in [6, 6.07) is 0. The summed E-state index contributed by atoms with van der Waals surface area (Å²) in [6.45, 7) is 7.96. The lowest BCUT2D eigenvalue weighted by atomic mass is 10.2. The number of aryl methyl sites for hydroxylation is 1. The molecule has 1 aliphatic rings. The monoisotopic (exact) mass is 253 g/mol. The average molecular weight is 254 g/mol. The molecule has 0 fully saturated rings. The molecule has 2 aromatic rings. The minimum absolute atomic E-state index is 0.155. The summed E-state index contributed by atoms with van der Waals surface area (Å²) in [7, 11) is 0. The molecule has 0 saturated heterocycles. The summed E-state index contributed by atoms with van der Waals surface area (Å²) in [4.78, 5) is 4.28. The molecule has 3 heterocycles. The molecule has 0 radical (unpaired) electrons. The number of aromatic nitrogens is 3. The molecule has 5 heteroatoms. The van der Waals surface area contributed by atoms with Gasteiger partial charge in [-0.05, 0) is 13.8 Å².